The first-order valence-corrected chi connectivity index (χ1v) is 8.04. The molecule has 4 nitrogen and oxygen atoms in total. The Balaban J connectivity index is 1.76. The van der Waals surface area contributed by atoms with Gasteiger partial charge in [0.05, 0.1) is 5.02 Å². The van der Waals surface area contributed by atoms with Crippen molar-refractivity contribution >= 4 is 44.9 Å². The Bertz CT molecular complexity index is 757. The van der Waals surface area contributed by atoms with E-state index in [1.807, 2.05) is 0 Å². The molecule has 1 aromatic carbocycles. The molecule has 1 aliphatic carbocycles. The molecule has 1 aliphatic rings. The van der Waals surface area contributed by atoms with Crippen molar-refractivity contribution in [2.45, 2.75) is 31.9 Å². The summed E-state index contributed by atoms with van der Waals surface area (Å²) in [5.41, 5.74) is 0. The highest BCUT2D eigenvalue weighted by Gasteiger charge is 2.28. The maximum atomic E-state index is 13.2. The Kier molecular flexibility index (Phi) is 4.06. The monoisotopic (exact) mass is 341 g/mol. The van der Waals surface area contributed by atoms with E-state index in [0.717, 1.165) is 24.2 Å². The summed E-state index contributed by atoms with van der Waals surface area (Å²) in [6.07, 6.45) is 1.02. The first-order chi connectivity index (χ1) is 10.5. The second-order valence-corrected chi connectivity index (χ2v) is 6.65. The van der Waals surface area contributed by atoms with Crippen molar-refractivity contribution in [2.75, 3.05) is 0 Å². The van der Waals surface area contributed by atoms with E-state index in [9.17, 15) is 14.0 Å². The predicted octanol–water partition coefficient (Wildman–Crippen LogP) is 3.52. The van der Waals surface area contributed by atoms with Gasteiger partial charge >= 0.3 is 5.97 Å². The normalized spacial score (nSPS) is 15.6. The lowest BCUT2D eigenvalue weighted by molar-refractivity contribution is -0.129. The van der Waals surface area contributed by atoms with Gasteiger partial charge in [0.15, 0.2) is 6.10 Å². The highest BCUT2D eigenvalue weighted by Crippen LogP contribution is 2.36. The van der Waals surface area contributed by atoms with Gasteiger partial charge in [0.1, 0.15) is 10.7 Å². The van der Waals surface area contributed by atoms with Crippen molar-refractivity contribution in [3.63, 3.8) is 0 Å². The zero-order valence-corrected chi connectivity index (χ0v) is 13.3. The van der Waals surface area contributed by atoms with Crippen LogP contribution in [0.2, 0.25) is 5.02 Å². The molecule has 1 unspecified atom stereocenters. The zero-order valence-electron chi connectivity index (χ0n) is 11.7. The average Bonchev–Trinajstić information content (AvgIpc) is 3.22. The van der Waals surface area contributed by atoms with Crippen LogP contribution in [0.15, 0.2) is 18.2 Å². The van der Waals surface area contributed by atoms with Crippen LogP contribution in [0.1, 0.15) is 29.4 Å². The fourth-order valence-corrected chi connectivity index (χ4v) is 3.40. The molecule has 1 N–H and O–H groups in total. The van der Waals surface area contributed by atoms with Gasteiger partial charge < -0.3 is 10.1 Å². The van der Waals surface area contributed by atoms with Crippen LogP contribution in [0.4, 0.5) is 4.39 Å². The fraction of sp³-hybridized carbons (Fsp3) is 0.333. The third kappa shape index (κ3) is 3.08. The molecule has 1 saturated carbocycles. The molecule has 1 amide bonds. The molecule has 116 valence electrons. The van der Waals surface area contributed by atoms with E-state index in [0.29, 0.717) is 10.1 Å². The highest BCUT2D eigenvalue weighted by molar-refractivity contribution is 7.21. The minimum atomic E-state index is -0.897. The van der Waals surface area contributed by atoms with Gasteiger partial charge in [-0.2, -0.15) is 0 Å². The zero-order chi connectivity index (χ0) is 15.9. The molecule has 0 spiro atoms. The van der Waals surface area contributed by atoms with E-state index in [1.54, 1.807) is 0 Å². The van der Waals surface area contributed by atoms with Gasteiger partial charge in [0, 0.05) is 16.1 Å². The summed E-state index contributed by atoms with van der Waals surface area (Å²) in [6, 6.07) is 4.31. The maximum absolute atomic E-state index is 13.2. The summed E-state index contributed by atoms with van der Waals surface area (Å²) in [5.74, 6) is -1.40. The SMILES string of the molecule is CC(OC(=O)c1sc2cc(F)ccc2c1Cl)C(=O)NC1CC1. The topological polar surface area (TPSA) is 55.4 Å². The molecule has 0 radical (unpaired) electrons. The Hall–Kier alpha value is -1.66. The molecular formula is C15H13ClFNO3S. The van der Waals surface area contributed by atoms with Gasteiger partial charge in [-0.1, -0.05) is 11.6 Å². The number of thiophene rings is 1. The van der Waals surface area contributed by atoms with Crippen molar-refractivity contribution in [3.8, 4) is 0 Å². The van der Waals surface area contributed by atoms with Gasteiger partial charge in [-0.15, -0.1) is 11.3 Å². The number of amides is 1. The molecule has 1 heterocycles. The van der Waals surface area contributed by atoms with Crippen LogP contribution in [-0.2, 0) is 9.53 Å². The second kappa shape index (κ2) is 5.85. The summed E-state index contributed by atoms with van der Waals surface area (Å²) in [4.78, 5) is 24.1. The Labute approximate surface area is 135 Å². The van der Waals surface area contributed by atoms with E-state index in [1.165, 1.54) is 25.1 Å². The first-order valence-electron chi connectivity index (χ1n) is 6.84. The minimum absolute atomic E-state index is 0.174. The molecule has 3 rings (SSSR count). The van der Waals surface area contributed by atoms with E-state index in [2.05, 4.69) is 5.32 Å². The lowest BCUT2D eigenvalue weighted by Crippen LogP contribution is -2.36. The Morgan fingerprint density at radius 2 is 2.18 bits per heavy atom. The number of benzene rings is 1. The summed E-state index contributed by atoms with van der Waals surface area (Å²) in [5, 5.41) is 3.58. The number of rotatable bonds is 4. The molecule has 1 fully saturated rings. The van der Waals surface area contributed by atoms with Gasteiger partial charge in [-0.25, -0.2) is 9.18 Å². The quantitative estimate of drug-likeness (QED) is 0.866. The number of carbonyl (C=O) groups excluding carboxylic acids is 2. The van der Waals surface area contributed by atoms with E-state index < -0.39 is 17.9 Å². The third-order valence-corrected chi connectivity index (χ3v) is 4.99. The first kappa shape index (κ1) is 15.2. The summed E-state index contributed by atoms with van der Waals surface area (Å²) >= 11 is 7.20. The number of nitrogens with one attached hydrogen (secondary N) is 1. The molecule has 7 heteroatoms. The lowest BCUT2D eigenvalue weighted by atomic mass is 10.2. The fourth-order valence-electron chi connectivity index (χ4n) is 1.98. The highest BCUT2D eigenvalue weighted by atomic mass is 35.5. The number of ether oxygens (including phenoxy) is 1. The predicted molar refractivity (Wildman–Crippen MR) is 82.8 cm³/mol. The van der Waals surface area contributed by atoms with E-state index >= 15 is 0 Å². The average molecular weight is 342 g/mol. The second-order valence-electron chi connectivity index (χ2n) is 5.22. The minimum Gasteiger partial charge on any atom is -0.448 e. The van der Waals surface area contributed by atoms with Crippen LogP contribution in [0.25, 0.3) is 10.1 Å². The molecule has 1 aromatic heterocycles. The van der Waals surface area contributed by atoms with Gasteiger partial charge in [0.2, 0.25) is 0 Å². The largest absolute Gasteiger partial charge is 0.448 e. The van der Waals surface area contributed by atoms with Gasteiger partial charge in [0.25, 0.3) is 5.91 Å². The van der Waals surface area contributed by atoms with Crippen LogP contribution in [0.5, 0.6) is 0 Å². The summed E-state index contributed by atoms with van der Waals surface area (Å²) < 4.78 is 18.9. The van der Waals surface area contributed by atoms with E-state index in [4.69, 9.17) is 16.3 Å². The summed E-state index contributed by atoms with van der Waals surface area (Å²) in [6.45, 7) is 1.51. The standard InChI is InChI=1S/C15H13ClFNO3S/c1-7(14(19)18-9-3-4-9)21-15(20)13-12(16)10-5-2-8(17)6-11(10)22-13/h2,5-7,9H,3-4H2,1H3,(H,18,19). The van der Waals surface area contributed by atoms with E-state index in [-0.39, 0.29) is 21.8 Å². The Morgan fingerprint density at radius 3 is 2.86 bits per heavy atom. The number of halogens is 2. The van der Waals surface area contributed by atoms with Crippen LogP contribution in [0.3, 0.4) is 0 Å². The van der Waals surface area contributed by atoms with Crippen molar-refractivity contribution in [2.24, 2.45) is 0 Å². The van der Waals surface area contributed by atoms with Crippen LogP contribution in [0, 0.1) is 5.82 Å². The Morgan fingerprint density at radius 1 is 1.45 bits per heavy atom. The molecule has 0 saturated heterocycles. The molecule has 22 heavy (non-hydrogen) atoms. The van der Waals surface area contributed by atoms with Crippen LogP contribution < -0.4 is 5.32 Å². The number of hydrogen-bond acceptors (Lipinski definition) is 4. The smallest absolute Gasteiger partial charge is 0.350 e. The third-order valence-electron chi connectivity index (χ3n) is 3.35. The molecule has 2 aromatic rings. The maximum Gasteiger partial charge on any atom is 0.350 e. The van der Waals surface area contributed by atoms with Crippen molar-refractivity contribution in [1.82, 2.24) is 5.32 Å². The molecule has 0 aliphatic heterocycles. The lowest BCUT2D eigenvalue weighted by Gasteiger charge is -2.12. The van der Waals surface area contributed by atoms with Crippen LogP contribution in [-0.4, -0.2) is 24.0 Å². The molecule has 1 atom stereocenters. The number of esters is 1. The number of carbonyl (C=O) groups is 2. The van der Waals surface area contributed by atoms with Gasteiger partial charge in [-0.3, -0.25) is 4.79 Å². The molecular weight excluding hydrogens is 329 g/mol. The summed E-state index contributed by atoms with van der Waals surface area (Å²) in [7, 11) is 0. The molecule has 0 bridgehead atoms. The number of fused-ring (bicyclic) bond motifs is 1. The van der Waals surface area contributed by atoms with Gasteiger partial charge in [-0.05, 0) is 38.0 Å². The van der Waals surface area contributed by atoms with Crippen molar-refractivity contribution in [1.29, 1.82) is 0 Å². The number of hydrogen-bond donors (Lipinski definition) is 1. The van der Waals surface area contributed by atoms with Crippen molar-refractivity contribution < 1.29 is 18.7 Å². The van der Waals surface area contributed by atoms with Crippen LogP contribution >= 0.6 is 22.9 Å². The van der Waals surface area contributed by atoms with Crippen molar-refractivity contribution in [3.05, 3.63) is 33.9 Å².